The van der Waals surface area contributed by atoms with Gasteiger partial charge in [0.2, 0.25) is 10.0 Å². The van der Waals surface area contributed by atoms with Crippen molar-refractivity contribution in [3.05, 3.63) is 65.2 Å². The largest absolute Gasteiger partial charge is 0.465 e. The van der Waals surface area contributed by atoms with Gasteiger partial charge in [-0.2, -0.15) is 0 Å². The number of hydrogen-bond donors (Lipinski definition) is 1. The van der Waals surface area contributed by atoms with Crippen molar-refractivity contribution >= 4 is 16.0 Å². The van der Waals surface area contributed by atoms with Crippen LogP contribution in [-0.2, 0) is 21.2 Å². The first-order valence-electron chi connectivity index (χ1n) is 7.66. The third kappa shape index (κ3) is 4.66. The minimum Gasteiger partial charge on any atom is -0.465 e. The molecule has 24 heavy (non-hydrogen) atoms. The lowest BCUT2D eigenvalue weighted by Crippen LogP contribution is -2.25. The predicted octanol–water partition coefficient (Wildman–Crippen LogP) is 2.69. The summed E-state index contributed by atoms with van der Waals surface area (Å²) in [6.45, 7) is 2.06. The fraction of sp³-hybridized carbons (Fsp3) is 0.278. The number of benzene rings is 2. The molecule has 0 bridgehead atoms. The van der Waals surface area contributed by atoms with E-state index < -0.39 is 16.0 Å². The van der Waals surface area contributed by atoms with Crippen LogP contribution in [0.3, 0.4) is 0 Å². The summed E-state index contributed by atoms with van der Waals surface area (Å²) in [5.74, 6) is -0.548. The van der Waals surface area contributed by atoms with Crippen molar-refractivity contribution in [2.45, 2.75) is 24.7 Å². The van der Waals surface area contributed by atoms with E-state index in [9.17, 15) is 13.2 Å². The van der Waals surface area contributed by atoms with Crippen molar-refractivity contribution in [2.24, 2.45) is 0 Å². The molecule has 0 aliphatic carbocycles. The Labute approximate surface area is 142 Å². The average Bonchev–Trinajstić information content (AvgIpc) is 2.59. The first-order chi connectivity index (χ1) is 11.4. The molecule has 0 heterocycles. The number of hydrogen-bond acceptors (Lipinski definition) is 4. The number of aryl methyl sites for hydroxylation is 2. The first-order valence-corrected chi connectivity index (χ1v) is 9.15. The van der Waals surface area contributed by atoms with Crippen molar-refractivity contribution in [1.82, 2.24) is 4.72 Å². The second-order valence-electron chi connectivity index (χ2n) is 5.46. The second kappa shape index (κ2) is 8.08. The van der Waals surface area contributed by atoms with E-state index in [0.717, 1.165) is 6.42 Å². The lowest BCUT2D eigenvalue weighted by atomic mass is 10.1. The Kier molecular flexibility index (Phi) is 6.11. The molecule has 2 rings (SSSR count). The molecule has 0 aromatic heterocycles. The fourth-order valence-electron chi connectivity index (χ4n) is 2.33. The standard InChI is InChI=1S/C18H21NO4S/c1-14-10-11-16(13-17(14)18(20)23-2)24(21,22)19-12-6-9-15-7-4-3-5-8-15/h3-5,7-8,10-11,13,19H,6,9,12H2,1-2H3. The topological polar surface area (TPSA) is 72.5 Å². The molecule has 0 aliphatic rings. The van der Waals surface area contributed by atoms with Crippen molar-refractivity contribution in [3.8, 4) is 0 Å². The number of carbonyl (C=O) groups excluding carboxylic acids is 1. The number of esters is 1. The van der Waals surface area contributed by atoms with Crippen LogP contribution in [0, 0.1) is 6.92 Å². The number of ether oxygens (including phenoxy) is 1. The van der Waals surface area contributed by atoms with Crippen LogP contribution >= 0.6 is 0 Å². The summed E-state index contributed by atoms with van der Waals surface area (Å²) in [5, 5.41) is 0. The van der Waals surface area contributed by atoms with E-state index in [1.807, 2.05) is 30.3 Å². The van der Waals surface area contributed by atoms with Gasteiger partial charge in [-0.25, -0.2) is 17.9 Å². The highest BCUT2D eigenvalue weighted by molar-refractivity contribution is 7.89. The van der Waals surface area contributed by atoms with Crippen LogP contribution in [0.5, 0.6) is 0 Å². The lowest BCUT2D eigenvalue weighted by molar-refractivity contribution is 0.0599. The van der Waals surface area contributed by atoms with Crippen LogP contribution < -0.4 is 4.72 Å². The Morgan fingerprint density at radius 1 is 1.12 bits per heavy atom. The highest BCUT2D eigenvalue weighted by atomic mass is 32.2. The molecule has 0 saturated carbocycles. The van der Waals surface area contributed by atoms with Gasteiger partial charge in [0.15, 0.2) is 0 Å². The average molecular weight is 347 g/mol. The molecule has 0 saturated heterocycles. The Bertz CT molecular complexity index is 801. The van der Waals surface area contributed by atoms with E-state index in [2.05, 4.69) is 9.46 Å². The van der Waals surface area contributed by atoms with Gasteiger partial charge in [0.25, 0.3) is 0 Å². The molecule has 2 aromatic carbocycles. The van der Waals surface area contributed by atoms with Crippen LogP contribution in [0.4, 0.5) is 0 Å². The zero-order chi connectivity index (χ0) is 17.6. The zero-order valence-corrected chi connectivity index (χ0v) is 14.6. The van der Waals surface area contributed by atoms with Crippen molar-refractivity contribution < 1.29 is 17.9 Å². The van der Waals surface area contributed by atoms with Crippen LogP contribution in [0.1, 0.15) is 27.9 Å². The molecule has 2 aromatic rings. The minimum absolute atomic E-state index is 0.0632. The van der Waals surface area contributed by atoms with Gasteiger partial charge < -0.3 is 4.74 Å². The van der Waals surface area contributed by atoms with Gasteiger partial charge in [0, 0.05) is 6.54 Å². The summed E-state index contributed by atoms with van der Waals surface area (Å²) >= 11 is 0. The number of methoxy groups -OCH3 is 1. The molecule has 0 spiro atoms. The van der Waals surface area contributed by atoms with Crippen molar-refractivity contribution in [3.63, 3.8) is 0 Å². The van der Waals surface area contributed by atoms with E-state index in [1.54, 1.807) is 13.0 Å². The maximum Gasteiger partial charge on any atom is 0.338 e. The number of rotatable bonds is 7. The highest BCUT2D eigenvalue weighted by Crippen LogP contribution is 2.16. The first kappa shape index (κ1) is 18.2. The van der Waals surface area contributed by atoms with E-state index in [1.165, 1.54) is 24.8 Å². The molecule has 6 heteroatoms. The predicted molar refractivity (Wildman–Crippen MR) is 92.5 cm³/mol. The third-order valence-corrected chi connectivity index (χ3v) is 5.16. The minimum atomic E-state index is -3.65. The highest BCUT2D eigenvalue weighted by Gasteiger charge is 2.17. The smallest absolute Gasteiger partial charge is 0.338 e. The molecule has 5 nitrogen and oxygen atoms in total. The second-order valence-corrected chi connectivity index (χ2v) is 7.22. The summed E-state index contributed by atoms with van der Waals surface area (Å²) in [7, 11) is -2.38. The van der Waals surface area contributed by atoms with Crippen molar-refractivity contribution in [1.29, 1.82) is 0 Å². The molecule has 0 unspecified atom stereocenters. The summed E-state index contributed by atoms with van der Waals surface area (Å²) in [6, 6.07) is 14.3. The monoisotopic (exact) mass is 347 g/mol. The molecule has 0 radical (unpaired) electrons. The van der Waals surface area contributed by atoms with Gasteiger partial charge >= 0.3 is 5.97 Å². The van der Waals surface area contributed by atoms with Crippen LogP contribution in [-0.4, -0.2) is 28.0 Å². The summed E-state index contributed by atoms with van der Waals surface area (Å²) in [4.78, 5) is 11.8. The normalized spacial score (nSPS) is 11.2. The summed E-state index contributed by atoms with van der Waals surface area (Å²) < 4.78 is 32.0. The van der Waals surface area contributed by atoms with Gasteiger partial charge in [-0.15, -0.1) is 0 Å². The zero-order valence-electron chi connectivity index (χ0n) is 13.8. The Hall–Kier alpha value is -2.18. The molecule has 1 N–H and O–H groups in total. The Morgan fingerprint density at radius 2 is 1.83 bits per heavy atom. The van der Waals surface area contributed by atoms with Crippen molar-refractivity contribution in [2.75, 3.05) is 13.7 Å². The van der Waals surface area contributed by atoms with Gasteiger partial charge in [-0.1, -0.05) is 36.4 Å². The molecule has 0 atom stereocenters. The summed E-state index contributed by atoms with van der Waals surface area (Å²) in [5.41, 5.74) is 2.09. The fourth-order valence-corrected chi connectivity index (χ4v) is 3.43. The molecular weight excluding hydrogens is 326 g/mol. The van der Waals surface area contributed by atoms with E-state index >= 15 is 0 Å². The van der Waals surface area contributed by atoms with Gasteiger partial charge in [-0.05, 0) is 43.0 Å². The van der Waals surface area contributed by atoms with Gasteiger partial charge in [-0.3, -0.25) is 0 Å². The van der Waals surface area contributed by atoms with E-state index in [0.29, 0.717) is 18.5 Å². The third-order valence-electron chi connectivity index (χ3n) is 3.70. The maximum atomic E-state index is 12.4. The maximum absolute atomic E-state index is 12.4. The van der Waals surface area contributed by atoms with Crippen LogP contribution in [0.25, 0.3) is 0 Å². The SMILES string of the molecule is COC(=O)c1cc(S(=O)(=O)NCCCc2ccccc2)ccc1C. The Morgan fingerprint density at radius 3 is 2.50 bits per heavy atom. The van der Waals surface area contributed by atoms with Gasteiger partial charge in [0.05, 0.1) is 17.6 Å². The quantitative estimate of drug-likeness (QED) is 0.617. The lowest BCUT2D eigenvalue weighted by Gasteiger charge is -2.10. The number of sulfonamides is 1. The van der Waals surface area contributed by atoms with E-state index in [4.69, 9.17) is 0 Å². The summed E-state index contributed by atoms with van der Waals surface area (Å²) in [6.07, 6.45) is 1.49. The molecule has 0 fully saturated rings. The van der Waals surface area contributed by atoms with Gasteiger partial charge in [0.1, 0.15) is 0 Å². The number of carbonyl (C=O) groups is 1. The molecule has 0 aliphatic heterocycles. The number of nitrogens with one attached hydrogen (secondary N) is 1. The molecule has 128 valence electrons. The van der Waals surface area contributed by atoms with Crippen LogP contribution in [0.15, 0.2) is 53.4 Å². The molecule has 0 amide bonds. The molecular formula is C18H21NO4S. The van der Waals surface area contributed by atoms with Crippen LogP contribution in [0.2, 0.25) is 0 Å². The Balaban J connectivity index is 2.01. The van der Waals surface area contributed by atoms with E-state index in [-0.39, 0.29) is 10.5 Å².